The molecule has 0 atom stereocenters. The fraction of sp³-hybridized carbons (Fsp3) is 0.212. The molecule has 10 nitrogen and oxygen atoms in total. The molecule has 10 heteroatoms. The number of allylic oxidation sites excluding steroid dienone is 2. The lowest BCUT2D eigenvalue weighted by molar-refractivity contribution is -0.138. The molecule has 0 heterocycles. The van der Waals surface area contributed by atoms with Gasteiger partial charge in [0.25, 0.3) is 0 Å². The fourth-order valence-corrected chi connectivity index (χ4v) is 3.15. The van der Waals surface area contributed by atoms with Crippen LogP contribution >= 0.6 is 0 Å². The van der Waals surface area contributed by atoms with Gasteiger partial charge >= 0.3 is 23.9 Å². The summed E-state index contributed by atoms with van der Waals surface area (Å²) in [5.74, 6) is -1.08. The summed E-state index contributed by atoms with van der Waals surface area (Å²) in [4.78, 5) is 47.2. The summed E-state index contributed by atoms with van der Waals surface area (Å²) in [6.45, 7) is 13.1. The van der Waals surface area contributed by atoms with Gasteiger partial charge in [-0.05, 0) is 67.1 Å². The van der Waals surface area contributed by atoms with Crippen molar-refractivity contribution in [2.75, 3.05) is 26.4 Å². The molecule has 0 saturated carbocycles. The Kier molecular flexibility index (Phi) is 14.8. The predicted octanol–water partition coefficient (Wildman–Crippen LogP) is 5.38. The molecule has 0 aliphatic carbocycles. The van der Waals surface area contributed by atoms with E-state index in [2.05, 4.69) is 19.7 Å². The largest absolute Gasteiger partial charge is 0.501 e. The third kappa shape index (κ3) is 12.8. The number of esters is 4. The minimum absolute atomic E-state index is 0.193. The van der Waals surface area contributed by atoms with Crippen LogP contribution in [0.5, 0.6) is 17.2 Å². The highest BCUT2D eigenvalue weighted by Gasteiger charge is 2.13. The van der Waals surface area contributed by atoms with E-state index in [0.29, 0.717) is 42.9 Å². The molecule has 0 aliphatic heterocycles. The summed E-state index contributed by atoms with van der Waals surface area (Å²) in [7, 11) is 0. The van der Waals surface area contributed by atoms with Crippen molar-refractivity contribution in [3.8, 4) is 17.2 Å². The van der Waals surface area contributed by atoms with Crippen LogP contribution in [0.25, 0.3) is 0 Å². The van der Waals surface area contributed by atoms with Gasteiger partial charge in [0.1, 0.15) is 17.2 Å². The molecule has 2 aromatic rings. The van der Waals surface area contributed by atoms with E-state index in [9.17, 15) is 19.2 Å². The Morgan fingerprint density at radius 1 is 0.744 bits per heavy atom. The standard InChI is InChI=1S/C33H34O10/c1-5-25(11-8-18-38-19-9-21-40-30(34)6-2)32(36)43-29-17-16-28(23-24(29)4)42-33(37)26-12-14-27(15-13-26)39-20-10-22-41-31(35)7-3/h5-8,11-18,23H,1-3,9-10,19-22H2,4H3/b18-8+,25-11+. The number of ether oxygens (including phenoxy) is 6. The van der Waals surface area contributed by atoms with E-state index < -0.39 is 23.9 Å². The molecule has 0 unspecified atom stereocenters. The number of benzene rings is 2. The molecule has 0 aliphatic rings. The zero-order valence-corrected chi connectivity index (χ0v) is 24.0. The molecule has 0 bridgehead atoms. The molecule has 0 aromatic heterocycles. The highest BCUT2D eigenvalue weighted by molar-refractivity contribution is 5.93. The van der Waals surface area contributed by atoms with Crippen LogP contribution in [0.15, 0.2) is 104 Å². The van der Waals surface area contributed by atoms with Gasteiger partial charge in [-0.25, -0.2) is 19.2 Å². The first-order valence-corrected chi connectivity index (χ1v) is 13.2. The van der Waals surface area contributed by atoms with E-state index in [-0.39, 0.29) is 30.3 Å². The summed E-state index contributed by atoms with van der Waals surface area (Å²) in [5.41, 5.74) is 1.08. The van der Waals surface area contributed by atoms with Crippen LogP contribution in [-0.2, 0) is 28.6 Å². The van der Waals surface area contributed by atoms with Crippen molar-refractivity contribution in [2.45, 2.75) is 19.8 Å². The lowest BCUT2D eigenvalue weighted by Gasteiger charge is -2.10. The van der Waals surface area contributed by atoms with E-state index >= 15 is 0 Å². The minimum atomic E-state index is -0.635. The van der Waals surface area contributed by atoms with Crippen LogP contribution in [0, 0.1) is 6.92 Å². The molecule has 226 valence electrons. The van der Waals surface area contributed by atoms with E-state index in [4.69, 9.17) is 28.4 Å². The van der Waals surface area contributed by atoms with Gasteiger partial charge in [-0.15, -0.1) is 0 Å². The molecule has 2 rings (SSSR count). The number of carbonyl (C=O) groups excluding carboxylic acids is 4. The monoisotopic (exact) mass is 590 g/mol. The zero-order valence-electron chi connectivity index (χ0n) is 24.0. The Hall–Kier alpha value is -5.38. The summed E-state index contributed by atoms with van der Waals surface area (Å²) in [5, 5.41) is 0. The van der Waals surface area contributed by atoms with E-state index in [1.165, 1.54) is 36.6 Å². The summed E-state index contributed by atoms with van der Waals surface area (Å²) < 4.78 is 31.5. The van der Waals surface area contributed by atoms with Crippen LogP contribution in [0.2, 0.25) is 0 Å². The number of hydrogen-bond acceptors (Lipinski definition) is 10. The lowest BCUT2D eigenvalue weighted by atomic mass is 10.2. The second kappa shape index (κ2) is 18.9. The second-order valence-electron chi connectivity index (χ2n) is 8.55. The van der Waals surface area contributed by atoms with Crippen molar-refractivity contribution in [1.29, 1.82) is 0 Å². The summed E-state index contributed by atoms with van der Waals surface area (Å²) >= 11 is 0. The Balaban J connectivity index is 1.83. The maximum Gasteiger partial charge on any atom is 0.343 e. The van der Waals surface area contributed by atoms with Crippen molar-refractivity contribution < 1.29 is 47.6 Å². The van der Waals surface area contributed by atoms with Crippen molar-refractivity contribution in [2.24, 2.45) is 0 Å². The van der Waals surface area contributed by atoms with Crippen LogP contribution in [0.4, 0.5) is 0 Å². The molecule has 43 heavy (non-hydrogen) atoms. The van der Waals surface area contributed by atoms with Gasteiger partial charge in [0, 0.05) is 25.0 Å². The Labute approximate surface area is 250 Å². The fourth-order valence-electron chi connectivity index (χ4n) is 3.15. The molecule has 0 saturated heterocycles. The van der Waals surface area contributed by atoms with E-state index in [1.807, 2.05) is 0 Å². The Bertz CT molecular complexity index is 1350. The first kappa shape index (κ1) is 33.8. The third-order valence-corrected chi connectivity index (χ3v) is 5.34. The highest BCUT2D eigenvalue weighted by atomic mass is 16.5. The first-order chi connectivity index (χ1) is 20.8. The normalized spacial score (nSPS) is 10.8. The predicted molar refractivity (Wildman–Crippen MR) is 159 cm³/mol. The van der Waals surface area contributed by atoms with Gasteiger partial charge in [0.15, 0.2) is 0 Å². The van der Waals surface area contributed by atoms with Gasteiger partial charge in [-0.3, -0.25) is 0 Å². The van der Waals surface area contributed by atoms with Gasteiger partial charge in [-0.1, -0.05) is 25.8 Å². The van der Waals surface area contributed by atoms with Crippen molar-refractivity contribution in [1.82, 2.24) is 0 Å². The van der Waals surface area contributed by atoms with Crippen LogP contribution < -0.4 is 14.2 Å². The quantitative estimate of drug-likeness (QED) is 0.0558. The molecular formula is C33H34O10. The van der Waals surface area contributed by atoms with E-state index in [1.54, 1.807) is 37.3 Å². The van der Waals surface area contributed by atoms with Gasteiger partial charge in [0.05, 0.1) is 43.8 Å². The number of rotatable bonds is 18. The van der Waals surface area contributed by atoms with Crippen LogP contribution in [-0.4, -0.2) is 50.3 Å². The topological polar surface area (TPSA) is 124 Å². The molecule has 0 amide bonds. The molecular weight excluding hydrogens is 556 g/mol. The molecule has 0 radical (unpaired) electrons. The molecule has 0 spiro atoms. The maximum atomic E-state index is 12.6. The number of aryl methyl sites for hydroxylation is 1. The lowest BCUT2D eigenvalue weighted by Crippen LogP contribution is -2.11. The highest BCUT2D eigenvalue weighted by Crippen LogP contribution is 2.25. The summed E-state index contributed by atoms with van der Waals surface area (Å²) in [6.07, 6.45) is 8.93. The van der Waals surface area contributed by atoms with Crippen molar-refractivity contribution in [3.05, 3.63) is 116 Å². The zero-order chi connectivity index (χ0) is 31.5. The first-order valence-electron chi connectivity index (χ1n) is 13.2. The average Bonchev–Trinajstić information content (AvgIpc) is 3.01. The smallest absolute Gasteiger partial charge is 0.343 e. The van der Waals surface area contributed by atoms with Crippen LogP contribution in [0.3, 0.4) is 0 Å². The van der Waals surface area contributed by atoms with Crippen molar-refractivity contribution >= 4 is 23.9 Å². The Morgan fingerprint density at radius 2 is 1.37 bits per heavy atom. The van der Waals surface area contributed by atoms with Gasteiger partial charge in [0.2, 0.25) is 0 Å². The third-order valence-electron chi connectivity index (χ3n) is 5.34. The van der Waals surface area contributed by atoms with Gasteiger partial charge < -0.3 is 28.4 Å². The number of hydrogen-bond donors (Lipinski definition) is 0. The summed E-state index contributed by atoms with van der Waals surface area (Å²) in [6, 6.07) is 11.0. The maximum absolute atomic E-state index is 12.6. The molecule has 0 N–H and O–H groups in total. The Morgan fingerprint density at radius 3 is 1.98 bits per heavy atom. The molecule has 0 fully saturated rings. The SMILES string of the molecule is C=CC(=O)OCCCO/C=C/C=C(\C=C)C(=O)Oc1ccc(OC(=O)c2ccc(OCCCOC(=O)C=C)cc2)cc1C. The molecule has 2 aromatic carbocycles. The van der Waals surface area contributed by atoms with Gasteiger partial charge in [-0.2, -0.15) is 0 Å². The van der Waals surface area contributed by atoms with Crippen molar-refractivity contribution in [3.63, 3.8) is 0 Å². The van der Waals surface area contributed by atoms with E-state index in [0.717, 1.165) is 12.2 Å². The second-order valence-corrected chi connectivity index (χ2v) is 8.55. The minimum Gasteiger partial charge on any atom is -0.501 e. The average molecular weight is 591 g/mol. The van der Waals surface area contributed by atoms with Crippen LogP contribution in [0.1, 0.15) is 28.8 Å². The number of carbonyl (C=O) groups is 4.